The van der Waals surface area contributed by atoms with Crippen LogP contribution in [0.15, 0.2) is 0 Å². The molecule has 0 aliphatic rings. The third kappa shape index (κ3) is 17.0. The number of nitrogen functional groups attached to an aromatic ring is 2. The van der Waals surface area contributed by atoms with E-state index in [1.807, 2.05) is 11.8 Å². The van der Waals surface area contributed by atoms with Crippen LogP contribution in [0, 0.1) is 0 Å². The first-order chi connectivity index (χ1) is 14.7. The van der Waals surface area contributed by atoms with Gasteiger partial charge in [-0.25, -0.2) is 0 Å². The first-order valence-electron chi connectivity index (χ1n) is 12.2. The molecule has 0 atom stereocenters. The topological polar surface area (TPSA) is 90.7 Å². The third-order valence-corrected chi connectivity index (χ3v) is 6.77. The summed E-state index contributed by atoms with van der Waals surface area (Å²) in [4.78, 5) is 12.0. The van der Waals surface area contributed by atoms with Gasteiger partial charge in [0.2, 0.25) is 11.9 Å². The SMILES string of the molecule is Nc1nc(N)nc(CCSCCCCCCCCCCCCCCCCCCS)n1. The predicted octanol–water partition coefficient (Wildman–Crippen LogP) is 6.48. The number of nitrogens with zero attached hydrogens (tertiary/aromatic N) is 3. The molecule has 0 aliphatic carbocycles. The molecule has 0 saturated heterocycles. The minimum atomic E-state index is 0.216. The van der Waals surface area contributed by atoms with Crippen LogP contribution in [-0.2, 0) is 6.42 Å². The van der Waals surface area contributed by atoms with Gasteiger partial charge in [-0.05, 0) is 24.3 Å². The highest BCUT2D eigenvalue weighted by Gasteiger charge is 2.02. The van der Waals surface area contributed by atoms with Crippen LogP contribution < -0.4 is 11.5 Å². The molecule has 1 heterocycles. The van der Waals surface area contributed by atoms with Crippen LogP contribution >= 0.6 is 24.4 Å². The largest absolute Gasteiger partial charge is 0.368 e. The van der Waals surface area contributed by atoms with E-state index in [0.717, 1.165) is 17.9 Å². The summed E-state index contributed by atoms with van der Waals surface area (Å²) in [5.41, 5.74) is 11.2. The van der Waals surface area contributed by atoms with E-state index in [2.05, 4.69) is 27.6 Å². The summed E-state index contributed by atoms with van der Waals surface area (Å²) in [7, 11) is 0. The minimum Gasteiger partial charge on any atom is -0.368 e. The number of aryl methyl sites for hydroxylation is 1. The van der Waals surface area contributed by atoms with Gasteiger partial charge >= 0.3 is 0 Å². The molecule has 0 bridgehead atoms. The fourth-order valence-electron chi connectivity index (χ4n) is 3.62. The molecule has 30 heavy (non-hydrogen) atoms. The van der Waals surface area contributed by atoms with Gasteiger partial charge in [-0.3, -0.25) is 0 Å². The minimum absolute atomic E-state index is 0.216. The third-order valence-electron chi connectivity index (χ3n) is 5.38. The van der Waals surface area contributed by atoms with Crippen LogP contribution in [0.5, 0.6) is 0 Å². The maximum atomic E-state index is 5.59. The lowest BCUT2D eigenvalue weighted by atomic mass is 10.0. The summed E-state index contributed by atoms with van der Waals surface area (Å²) in [5, 5.41) is 0. The van der Waals surface area contributed by atoms with Crippen LogP contribution in [0.2, 0.25) is 0 Å². The summed E-state index contributed by atoms with van der Waals surface area (Å²) >= 11 is 6.22. The molecule has 1 aromatic heterocycles. The van der Waals surface area contributed by atoms with Crippen molar-refractivity contribution in [2.24, 2.45) is 0 Å². The molecule has 0 saturated carbocycles. The monoisotopic (exact) mass is 455 g/mol. The lowest BCUT2D eigenvalue weighted by molar-refractivity contribution is 0.532. The van der Waals surface area contributed by atoms with Crippen molar-refractivity contribution in [1.82, 2.24) is 15.0 Å². The Morgan fingerprint density at radius 3 is 1.37 bits per heavy atom. The van der Waals surface area contributed by atoms with Crippen molar-refractivity contribution in [2.45, 2.75) is 109 Å². The molecule has 1 rings (SSSR count). The molecule has 4 N–H and O–H groups in total. The number of unbranched alkanes of at least 4 members (excludes halogenated alkanes) is 15. The van der Waals surface area contributed by atoms with Crippen LogP contribution in [0.25, 0.3) is 0 Å². The second-order valence-electron chi connectivity index (χ2n) is 8.21. The number of rotatable bonds is 21. The van der Waals surface area contributed by atoms with Crippen molar-refractivity contribution in [3.05, 3.63) is 5.82 Å². The average Bonchev–Trinajstić information content (AvgIpc) is 2.71. The van der Waals surface area contributed by atoms with E-state index in [-0.39, 0.29) is 11.9 Å². The molecule has 5 nitrogen and oxygen atoms in total. The number of thioether (sulfide) groups is 1. The maximum absolute atomic E-state index is 5.59. The number of hydrogen-bond acceptors (Lipinski definition) is 7. The summed E-state index contributed by atoms with van der Waals surface area (Å²) < 4.78 is 0. The van der Waals surface area contributed by atoms with Gasteiger partial charge in [0.25, 0.3) is 0 Å². The zero-order valence-electron chi connectivity index (χ0n) is 19.0. The number of thiol groups is 1. The summed E-state index contributed by atoms with van der Waals surface area (Å²) in [5.74, 6) is 4.41. The Balaban J connectivity index is 1.74. The van der Waals surface area contributed by atoms with Gasteiger partial charge < -0.3 is 11.5 Å². The standard InChI is InChI=1S/C23H45N5S2/c24-22-26-21(27-23(25)28-22)17-20-30-19-16-14-12-10-8-6-4-2-1-3-5-7-9-11-13-15-18-29/h29H,1-20H2,(H4,24,25,26,27,28). The average molecular weight is 456 g/mol. The van der Waals surface area contributed by atoms with E-state index in [9.17, 15) is 0 Å². The molecule has 0 amide bonds. The summed E-state index contributed by atoms with van der Waals surface area (Å²) in [6.07, 6.45) is 23.2. The Labute approximate surface area is 194 Å². The van der Waals surface area contributed by atoms with Crippen molar-refractivity contribution in [3.63, 3.8) is 0 Å². The highest BCUT2D eigenvalue weighted by atomic mass is 32.2. The maximum Gasteiger partial charge on any atom is 0.225 e. The number of nitrogens with two attached hydrogens (primary N) is 2. The second kappa shape index (κ2) is 20.2. The predicted molar refractivity (Wildman–Crippen MR) is 137 cm³/mol. The number of aromatic nitrogens is 3. The fraction of sp³-hybridized carbons (Fsp3) is 0.870. The fourth-order valence-corrected chi connectivity index (χ4v) is 4.79. The lowest BCUT2D eigenvalue weighted by Gasteiger charge is -2.04. The Morgan fingerprint density at radius 1 is 0.533 bits per heavy atom. The van der Waals surface area contributed by atoms with Crippen LogP contribution in [-0.4, -0.2) is 32.2 Å². The zero-order valence-corrected chi connectivity index (χ0v) is 20.7. The molecule has 1 aromatic rings. The van der Waals surface area contributed by atoms with E-state index in [0.29, 0.717) is 5.82 Å². The van der Waals surface area contributed by atoms with Gasteiger partial charge in [0.15, 0.2) is 0 Å². The first kappa shape index (κ1) is 27.3. The molecule has 0 fully saturated rings. The molecular formula is C23H45N5S2. The molecule has 0 unspecified atom stereocenters. The van der Waals surface area contributed by atoms with Gasteiger partial charge in [-0.1, -0.05) is 89.9 Å². The molecule has 0 aliphatic heterocycles. The number of anilines is 2. The van der Waals surface area contributed by atoms with Crippen molar-refractivity contribution >= 4 is 36.3 Å². The van der Waals surface area contributed by atoms with E-state index in [1.165, 1.54) is 108 Å². The van der Waals surface area contributed by atoms with Crippen molar-refractivity contribution < 1.29 is 0 Å². The zero-order chi connectivity index (χ0) is 21.7. The van der Waals surface area contributed by atoms with Crippen molar-refractivity contribution in [2.75, 3.05) is 28.7 Å². The highest BCUT2D eigenvalue weighted by Crippen LogP contribution is 2.15. The lowest BCUT2D eigenvalue weighted by Crippen LogP contribution is -2.07. The molecule has 0 aromatic carbocycles. The highest BCUT2D eigenvalue weighted by molar-refractivity contribution is 7.99. The molecule has 0 spiro atoms. The normalized spacial score (nSPS) is 11.2. The quantitative estimate of drug-likeness (QED) is 0.145. The summed E-state index contributed by atoms with van der Waals surface area (Å²) in [6, 6.07) is 0. The van der Waals surface area contributed by atoms with E-state index < -0.39 is 0 Å². The molecule has 7 heteroatoms. The Bertz CT molecular complexity index is 496. The first-order valence-corrected chi connectivity index (χ1v) is 14.0. The Morgan fingerprint density at radius 2 is 0.933 bits per heavy atom. The molecule has 0 radical (unpaired) electrons. The summed E-state index contributed by atoms with van der Waals surface area (Å²) in [6.45, 7) is 0. The van der Waals surface area contributed by atoms with E-state index in [4.69, 9.17) is 11.5 Å². The van der Waals surface area contributed by atoms with Gasteiger partial charge in [-0.2, -0.15) is 39.3 Å². The smallest absolute Gasteiger partial charge is 0.225 e. The van der Waals surface area contributed by atoms with E-state index in [1.54, 1.807) is 0 Å². The van der Waals surface area contributed by atoms with Gasteiger partial charge in [-0.15, -0.1) is 0 Å². The van der Waals surface area contributed by atoms with Crippen LogP contribution in [0.4, 0.5) is 11.9 Å². The van der Waals surface area contributed by atoms with Crippen molar-refractivity contribution in [1.29, 1.82) is 0 Å². The van der Waals surface area contributed by atoms with Crippen LogP contribution in [0.3, 0.4) is 0 Å². The number of hydrogen-bond donors (Lipinski definition) is 3. The molecular weight excluding hydrogens is 410 g/mol. The Kier molecular flexibility index (Phi) is 18.4. The molecule has 174 valence electrons. The van der Waals surface area contributed by atoms with Gasteiger partial charge in [0, 0.05) is 12.2 Å². The Hall–Kier alpha value is -0.690. The van der Waals surface area contributed by atoms with Gasteiger partial charge in [0.05, 0.1) is 0 Å². The van der Waals surface area contributed by atoms with Crippen LogP contribution in [0.1, 0.15) is 109 Å². The van der Waals surface area contributed by atoms with E-state index >= 15 is 0 Å². The van der Waals surface area contributed by atoms with Crippen molar-refractivity contribution in [3.8, 4) is 0 Å². The van der Waals surface area contributed by atoms with Gasteiger partial charge in [0.1, 0.15) is 5.82 Å². The second-order valence-corrected chi connectivity index (χ2v) is 9.88.